The van der Waals surface area contributed by atoms with Crippen LogP contribution in [0.1, 0.15) is 85.5 Å². The van der Waals surface area contributed by atoms with Crippen molar-refractivity contribution in [3.63, 3.8) is 0 Å². The molecule has 49 heavy (non-hydrogen) atoms. The van der Waals surface area contributed by atoms with Gasteiger partial charge in [0.05, 0.1) is 24.6 Å². The fraction of sp³-hybridized carbons (Fsp3) is 0.486. The molecular formula is C37H46F5N3O4. The number of ether oxygens (including phenoxy) is 1. The van der Waals surface area contributed by atoms with Crippen LogP contribution < -0.4 is 10.9 Å². The number of pyridine rings is 1. The van der Waals surface area contributed by atoms with Crippen molar-refractivity contribution in [3.05, 3.63) is 91.9 Å². The molecule has 0 aliphatic rings. The summed E-state index contributed by atoms with van der Waals surface area (Å²) >= 11 is 0. The van der Waals surface area contributed by atoms with Gasteiger partial charge in [-0.1, -0.05) is 13.8 Å². The zero-order valence-electron chi connectivity index (χ0n) is 29.4. The van der Waals surface area contributed by atoms with Gasteiger partial charge in [0.1, 0.15) is 17.7 Å². The van der Waals surface area contributed by atoms with Gasteiger partial charge >= 0.3 is 12.1 Å². The second-order valence-corrected chi connectivity index (χ2v) is 13.2. The van der Waals surface area contributed by atoms with Crippen LogP contribution in [-0.4, -0.2) is 48.6 Å². The standard InChI is InChI=1S/C37H46F5N3O4/c1-9-49-33(47)19-30(28-17-26(14-24(6)35(28)39)34-22(4)15-27(38)16-23(34)5)43-36(48)31(11-10-21(2)3)45-20-25(12-13-44(7)8)29(18-32(45)46)37(40,41)42/h14-18,20-21,30-31H,9-13,19H2,1-8H3,(H,43,48). The molecule has 0 bridgehead atoms. The first kappa shape index (κ1) is 39.4. The van der Waals surface area contributed by atoms with E-state index < -0.39 is 59.3 Å². The third-order valence-electron chi connectivity index (χ3n) is 8.39. The van der Waals surface area contributed by atoms with Gasteiger partial charge in [0.25, 0.3) is 5.56 Å². The van der Waals surface area contributed by atoms with Crippen molar-refractivity contribution in [2.75, 3.05) is 27.2 Å². The molecule has 7 nitrogen and oxygen atoms in total. The van der Waals surface area contributed by atoms with Crippen LogP contribution >= 0.6 is 0 Å². The largest absolute Gasteiger partial charge is 0.466 e. The molecule has 2 unspecified atom stereocenters. The molecule has 3 aromatic rings. The molecule has 2 aromatic carbocycles. The molecule has 0 spiro atoms. The number of nitrogens with one attached hydrogen (secondary N) is 1. The summed E-state index contributed by atoms with van der Waals surface area (Å²) in [4.78, 5) is 42.0. The Morgan fingerprint density at radius 2 is 1.59 bits per heavy atom. The molecule has 268 valence electrons. The third kappa shape index (κ3) is 10.2. The number of amides is 1. The Morgan fingerprint density at radius 1 is 0.959 bits per heavy atom. The first-order chi connectivity index (χ1) is 22.8. The van der Waals surface area contributed by atoms with Gasteiger partial charge in [0.15, 0.2) is 0 Å². The fourth-order valence-corrected chi connectivity index (χ4v) is 5.98. The number of likely N-dealkylation sites (N-methyl/N-ethyl adjacent to an activating group) is 1. The Kier molecular flexibility index (Phi) is 13.3. The number of carbonyl (C=O) groups excluding carboxylic acids is 2. The van der Waals surface area contributed by atoms with E-state index in [1.807, 2.05) is 13.8 Å². The molecule has 2 atom stereocenters. The van der Waals surface area contributed by atoms with E-state index in [1.165, 1.54) is 25.1 Å². The van der Waals surface area contributed by atoms with Crippen LogP contribution in [0.3, 0.4) is 0 Å². The van der Waals surface area contributed by atoms with Gasteiger partial charge in [-0.3, -0.25) is 14.4 Å². The first-order valence-corrected chi connectivity index (χ1v) is 16.3. The van der Waals surface area contributed by atoms with Crippen LogP contribution in [0.5, 0.6) is 0 Å². The number of halogens is 5. The monoisotopic (exact) mass is 691 g/mol. The molecule has 0 aliphatic carbocycles. The van der Waals surface area contributed by atoms with E-state index in [9.17, 15) is 31.9 Å². The lowest BCUT2D eigenvalue weighted by atomic mass is 9.90. The van der Waals surface area contributed by atoms with Gasteiger partial charge in [-0.2, -0.15) is 13.2 Å². The van der Waals surface area contributed by atoms with Crippen LogP contribution in [0.25, 0.3) is 11.1 Å². The van der Waals surface area contributed by atoms with Gasteiger partial charge in [-0.25, -0.2) is 8.78 Å². The molecule has 0 saturated carbocycles. The quantitative estimate of drug-likeness (QED) is 0.139. The number of carbonyl (C=O) groups is 2. The molecule has 12 heteroatoms. The topological polar surface area (TPSA) is 80.6 Å². The fourth-order valence-electron chi connectivity index (χ4n) is 5.98. The van der Waals surface area contributed by atoms with Crippen LogP contribution in [-0.2, 0) is 26.9 Å². The van der Waals surface area contributed by atoms with Gasteiger partial charge in [0, 0.05) is 24.4 Å². The minimum Gasteiger partial charge on any atom is -0.466 e. The molecular weight excluding hydrogens is 645 g/mol. The number of aromatic nitrogens is 1. The Labute approximate surface area is 284 Å². The minimum absolute atomic E-state index is 0.0305. The highest BCUT2D eigenvalue weighted by atomic mass is 19.4. The molecule has 0 aliphatic heterocycles. The average Bonchev–Trinajstić information content (AvgIpc) is 2.97. The van der Waals surface area contributed by atoms with E-state index in [1.54, 1.807) is 45.8 Å². The maximum Gasteiger partial charge on any atom is 0.416 e. The number of aryl methyl sites for hydroxylation is 3. The van der Waals surface area contributed by atoms with E-state index >= 15 is 4.39 Å². The number of alkyl halides is 3. The molecule has 0 fully saturated rings. The Hall–Kier alpha value is -4.06. The minimum atomic E-state index is -4.79. The van der Waals surface area contributed by atoms with Crippen molar-refractivity contribution in [1.29, 1.82) is 0 Å². The maximum absolute atomic E-state index is 16.0. The molecule has 0 radical (unpaired) electrons. The number of hydrogen-bond acceptors (Lipinski definition) is 5. The van der Waals surface area contributed by atoms with Crippen LogP contribution in [0.4, 0.5) is 22.0 Å². The Balaban J connectivity index is 2.19. The van der Waals surface area contributed by atoms with Gasteiger partial charge in [0.2, 0.25) is 5.91 Å². The number of nitrogens with zero attached hydrogens (tertiary/aromatic N) is 2. The third-order valence-corrected chi connectivity index (χ3v) is 8.39. The van der Waals surface area contributed by atoms with Crippen molar-refractivity contribution >= 4 is 11.9 Å². The number of esters is 1. The van der Waals surface area contributed by atoms with E-state index in [2.05, 4.69) is 5.32 Å². The highest BCUT2D eigenvalue weighted by Gasteiger charge is 2.36. The molecule has 1 aromatic heterocycles. The van der Waals surface area contributed by atoms with Crippen molar-refractivity contribution in [1.82, 2.24) is 14.8 Å². The summed E-state index contributed by atoms with van der Waals surface area (Å²) in [6.07, 6.45) is -3.68. The molecule has 0 saturated heterocycles. The van der Waals surface area contributed by atoms with Crippen LogP contribution in [0, 0.1) is 38.3 Å². The Bertz CT molecular complexity index is 1690. The molecule has 1 heterocycles. The maximum atomic E-state index is 16.0. The van der Waals surface area contributed by atoms with Crippen molar-refractivity contribution in [2.24, 2.45) is 5.92 Å². The highest BCUT2D eigenvalue weighted by molar-refractivity contribution is 5.82. The average molecular weight is 692 g/mol. The lowest BCUT2D eigenvalue weighted by molar-refractivity contribution is -0.144. The second-order valence-electron chi connectivity index (χ2n) is 13.2. The summed E-state index contributed by atoms with van der Waals surface area (Å²) in [7, 11) is 3.42. The highest BCUT2D eigenvalue weighted by Crippen LogP contribution is 2.35. The van der Waals surface area contributed by atoms with Crippen LogP contribution in [0.15, 0.2) is 41.3 Å². The summed E-state index contributed by atoms with van der Waals surface area (Å²) in [6, 6.07) is 3.76. The lowest BCUT2D eigenvalue weighted by Crippen LogP contribution is -2.40. The summed E-state index contributed by atoms with van der Waals surface area (Å²) in [5, 5.41) is 2.74. The van der Waals surface area contributed by atoms with Gasteiger partial charge in [-0.15, -0.1) is 0 Å². The predicted molar refractivity (Wildman–Crippen MR) is 179 cm³/mol. The van der Waals surface area contributed by atoms with Crippen LogP contribution in [0.2, 0.25) is 0 Å². The van der Waals surface area contributed by atoms with Crippen molar-refractivity contribution < 1.29 is 36.3 Å². The first-order valence-electron chi connectivity index (χ1n) is 16.3. The van der Waals surface area contributed by atoms with E-state index in [0.29, 0.717) is 34.7 Å². The van der Waals surface area contributed by atoms with E-state index in [0.717, 1.165) is 10.8 Å². The number of rotatable bonds is 14. The summed E-state index contributed by atoms with van der Waals surface area (Å²) in [5.74, 6) is -2.54. The zero-order valence-corrected chi connectivity index (χ0v) is 29.4. The number of hydrogen-bond donors (Lipinski definition) is 1. The molecule has 1 amide bonds. The lowest BCUT2D eigenvalue weighted by Gasteiger charge is -2.27. The molecule has 1 N–H and O–H groups in total. The van der Waals surface area contributed by atoms with Crippen molar-refractivity contribution in [2.45, 2.75) is 85.5 Å². The zero-order chi connectivity index (χ0) is 36.8. The smallest absolute Gasteiger partial charge is 0.416 e. The Morgan fingerprint density at radius 3 is 2.14 bits per heavy atom. The summed E-state index contributed by atoms with van der Waals surface area (Å²) in [6.45, 7) is 10.7. The van der Waals surface area contributed by atoms with Gasteiger partial charge < -0.3 is 19.5 Å². The summed E-state index contributed by atoms with van der Waals surface area (Å²) in [5.41, 5.74) is 0.328. The molecule has 3 rings (SSSR count). The van der Waals surface area contributed by atoms with Crippen molar-refractivity contribution in [3.8, 4) is 11.1 Å². The normalized spacial score (nSPS) is 13.1. The SMILES string of the molecule is CCOC(=O)CC(NC(=O)C(CCC(C)C)n1cc(CCN(C)C)c(C(F)(F)F)cc1=O)c1cc(-c2c(C)cc(F)cc2C)cc(C)c1F. The van der Waals surface area contributed by atoms with E-state index in [-0.39, 0.29) is 48.6 Å². The predicted octanol–water partition coefficient (Wildman–Crippen LogP) is 7.63. The second kappa shape index (κ2) is 16.6. The summed E-state index contributed by atoms with van der Waals surface area (Å²) < 4.78 is 78.2. The number of benzene rings is 2. The van der Waals surface area contributed by atoms with Gasteiger partial charge in [-0.05, 0) is 125 Å². The van der Waals surface area contributed by atoms with E-state index in [4.69, 9.17) is 4.74 Å².